The first kappa shape index (κ1) is 13.8. The predicted molar refractivity (Wildman–Crippen MR) is 62.2 cm³/mol. The molecule has 2 unspecified atom stereocenters. The average molecular weight is 307 g/mol. The minimum atomic E-state index is -1.45. The van der Waals surface area contributed by atoms with Crippen LogP contribution in [-0.4, -0.2) is 38.7 Å². The summed E-state index contributed by atoms with van der Waals surface area (Å²) in [6.07, 6.45) is -2.64. The second-order valence-electron chi connectivity index (χ2n) is 3.18. The zero-order chi connectivity index (χ0) is 13.0. The van der Waals surface area contributed by atoms with Gasteiger partial charge in [0.05, 0.1) is 18.1 Å². The topological polar surface area (TPSA) is 106 Å². The van der Waals surface area contributed by atoms with Crippen LogP contribution in [0.1, 0.15) is 11.8 Å². The summed E-state index contributed by atoms with van der Waals surface area (Å²) in [4.78, 5) is 13.9. The highest BCUT2D eigenvalue weighted by Crippen LogP contribution is 2.28. The molecule has 1 rings (SSSR count). The summed E-state index contributed by atoms with van der Waals surface area (Å²) in [5, 5.41) is 30.0. The molecule has 0 aliphatic heterocycles. The minimum absolute atomic E-state index is 0.0736. The fourth-order valence-corrected chi connectivity index (χ4v) is 1.56. The van der Waals surface area contributed by atoms with Gasteiger partial charge in [-0.2, -0.15) is 0 Å². The van der Waals surface area contributed by atoms with E-state index in [1.807, 2.05) is 0 Å². The molecule has 0 aliphatic carbocycles. The van der Waals surface area contributed by atoms with Gasteiger partial charge in [-0.05, 0) is 0 Å². The molecule has 2 atom stereocenters. The van der Waals surface area contributed by atoms with Gasteiger partial charge in [-0.3, -0.25) is 10.1 Å². The third-order valence-electron chi connectivity index (χ3n) is 2.09. The maximum Gasteiger partial charge on any atom is 0.293 e. The Bertz CT molecular complexity index is 414. The zero-order valence-corrected chi connectivity index (χ0v) is 10.5. The molecule has 1 aromatic heterocycles. The van der Waals surface area contributed by atoms with Crippen molar-refractivity contribution in [3.05, 3.63) is 27.9 Å². The molecule has 1 aromatic rings. The normalized spacial score (nSPS) is 14.1. The van der Waals surface area contributed by atoms with Crippen molar-refractivity contribution < 1.29 is 19.9 Å². The van der Waals surface area contributed by atoms with E-state index in [1.54, 1.807) is 0 Å². The summed E-state index contributed by atoms with van der Waals surface area (Å²) in [5.74, 6) is 0.131. The van der Waals surface area contributed by atoms with E-state index in [2.05, 4.69) is 20.9 Å². The number of aliphatic hydroxyl groups is 2. The molecule has 1 heterocycles. The van der Waals surface area contributed by atoms with Gasteiger partial charge in [-0.25, -0.2) is 4.98 Å². The van der Waals surface area contributed by atoms with Gasteiger partial charge in [-0.1, -0.05) is 15.9 Å². The smallest absolute Gasteiger partial charge is 0.293 e. The van der Waals surface area contributed by atoms with Gasteiger partial charge >= 0.3 is 0 Å². The van der Waals surface area contributed by atoms with E-state index >= 15 is 0 Å². The first-order valence-electron chi connectivity index (χ1n) is 4.62. The Hall–Kier alpha value is -1.25. The van der Waals surface area contributed by atoms with Crippen LogP contribution in [0.5, 0.6) is 5.88 Å². The lowest BCUT2D eigenvalue weighted by Gasteiger charge is -2.15. The van der Waals surface area contributed by atoms with Crippen molar-refractivity contribution in [3.63, 3.8) is 0 Å². The number of aromatic nitrogens is 1. The van der Waals surface area contributed by atoms with E-state index in [9.17, 15) is 20.3 Å². The van der Waals surface area contributed by atoms with Crippen LogP contribution in [-0.2, 0) is 0 Å². The quantitative estimate of drug-likeness (QED) is 0.473. The number of ether oxygens (including phenoxy) is 1. The monoisotopic (exact) mass is 306 g/mol. The number of alkyl halides is 1. The molecule has 0 spiro atoms. The summed E-state index contributed by atoms with van der Waals surface area (Å²) >= 11 is 2.97. The first-order chi connectivity index (χ1) is 8.01. The fraction of sp³-hybridized carbons (Fsp3) is 0.444. The fourth-order valence-electron chi connectivity index (χ4n) is 1.20. The summed E-state index contributed by atoms with van der Waals surface area (Å²) in [7, 11) is 1.35. The van der Waals surface area contributed by atoms with E-state index < -0.39 is 17.1 Å². The molecular weight excluding hydrogens is 296 g/mol. The van der Waals surface area contributed by atoms with Crippen LogP contribution in [0, 0.1) is 10.1 Å². The molecule has 0 saturated carbocycles. The number of rotatable bonds is 5. The molecule has 0 saturated heterocycles. The number of hydrogen-bond donors (Lipinski definition) is 2. The Kier molecular flexibility index (Phi) is 4.79. The maximum absolute atomic E-state index is 10.8. The summed E-state index contributed by atoms with van der Waals surface area (Å²) < 4.78 is 4.81. The molecule has 0 amide bonds. The first-order valence-corrected chi connectivity index (χ1v) is 5.74. The van der Waals surface area contributed by atoms with E-state index in [-0.39, 0.29) is 22.6 Å². The lowest BCUT2D eigenvalue weighted by Crippen LogP contribution is -2.21. The van der Waals surface area contributed by atoms with E-state index in [0.717, 1.165) is 0 Å². The van der Waals surface area contributed by atoms with E-state index in [1.165, 1.54) is 19.2 Å². The summed E-state index contributed by atoms with van der Waals surface area (Å²) in [6.45, 7) is 0. The van der Waals surface area contributed by atoms with Crippen molar-refractivity contribution in [2.45, 2.75) is 12.2 Å². The molecule has 8 heteroatoms. The molecule has 0 fully saturated rings. The van der Waals surface area contributed by atoms with Crippen LogP contribution in [0.2, 0.25) is 0 Å². The lowest BCUT2D eigenvalue weighted by atomic mass is 10.1. The number of aliphatic hydroxyl groups excluding tert-OH is 2. The van der Waals surface area contributed by atoms with Crippen LogP contribution in [0.15, 0.2) is 12.1 Å². The number of pyridine rings is 1. The van der Waals surface area contributed by atoms with Crippen LogP contribution < -0.4 is 4.74 Å². The van der Waals surface area contributed by atoms with Crippen LogP contribution in [0.3, 0.4) is 0 Å². The van der Waals surface area contributed by atoms with Crippen molar-refractivity contribution in [1.82, 2.24) is 4.98 Å². The van der Waals surface area contributed by atoms with Gasteiger partial charge in [0.2, 0.25) is 5.88 Å². The van der Waals surface area contributed by atoms with Gasteiger partial charge in [0.15, 0.2) is 5.69 Å². The molecule has 2 N–H and O–H groups in total. The maximum atomic E-state index is 10.8. The van der Waals surface area contributed by atoms with Gasteiger partial charge in [0.1, 0.15) is 6.10 Å². The highest BCUT2D eigenvalue weighted by atomic mass is 79.9. The second-order valence-corrected chi connectivity index (χ2v) is 3.83. The Balaban J connectivity index is 3.21. The number of methoxy groups -OCH3 is 1. The van der Waals surface area contributed by atoms with Crippen LogP contribution >= 0.6 is 15.9 Å². The Morgan fingerprint density at radius 2 is 2.24 bits per heavy atom. The zero-order valence-electron chi connectivity index (χ0n) is 8.91. The summed E-state index contributed by atoms with van der Waals surface area (Å²) in [5.41, 5.74) is -0.584. The van der Waals surface area contributed by atoms with Gasteiger partial charge in [0, 0.05) is 17.5 Å². The van der Waals surface area contributed by atoms with Gasteiger partial charge in [0.25, 0.3) is 5.69 Å². The van der Waals surface area contributed by atoms with Crippen molar-refractivity contribution in [1.29, 1.82) is 0 Å². The number of halogens is 1. The standard InChI is InChI=1S/C9H11BrN2O5/c1-17-7-3-2-5(12(15)16)8(11-7)9(14)6(13)4-10/h2-3,6,9,13-14H,4H2,1H3. The van der Waals surface area contributed by atoms with Crippen LogP contribution in [0.4, 0.5) is 5.69 Å². The largest absolute Gasteiger partial charge is 0.481 e. The predicted octanol–water partition coefficient (Wildman–Crippen LogP) is 0.788. The SMILES string of the molecule is COc1ccc([N+](=O)[O-])c(C(O)C(O)CBr)n1. The Labute approximate surface area is 105 Å². The van der Waals surface area contributed by atoms with Crippen LogP contribution in [0.25, 0.3) is 0 Å². The molecule has 94 valence electrons. The van der Waals surface area contributed by atoms with E-state index in [4.69, 9.17) is 4.74 Å². The highest BCUT2D eigenvalue weighted by Gasteiger charge is 2.28. The number of nitro groups is 1. The molecule has 0 aliphatic rings. The minimum Gasteiger partial charge on any atom is -0.481 e. The molecule has 0 bridgehead atoms. The molecule has 7 nitrogen and oxygen atoms in total. The average Bonchev–Trinajstić information content (AvgIpc) is 2.35. The van der Waals surface area contributed by atoms with Crippen molar-refractivity contribution >= 4 is 21.6 Å². The number of hydrogen-bond acceptors (Lipinski definition) is 6. The Morgan fingerprint density at radius 1 is 1.59 bits per heavy atom. The summed E-state index contributed by atoms with van der Waals surface area (Å²) in [6, 6.07) is 2.49. The highest BCUT2D eigenvalue weighted by molar-refractivity contribution is 9.09. The molecule has 17 heavy (non-hydrogen) atoms. The van der Waals surface area contributed by atoms with E-state index in [0.29, 0.717) is 0 Å². The molecular formula is C9H11BrN2O5. The van der Waals surface area contributed by atoms with Crippen molar-refractivity contribution in [2.24, 2.45) is 0 Å². The van der Waals surface area contributed by atoms with Crippen molar-refractivity contribution in [3.8, 4) is 5.88 Å². The molecule has 0 aromatic carbocycles. The van der Waals surface area contributed by atoms with Gasteiger partial charge in [-0.15, -0.1) is 0 Å². The van der Waals surface area contributed by atoms with Gasteiger partial charge < -0.3 is 14.9 Å². The van der Waals surface area contributed by atoms with Crippen molar-refractivity contribution in [2.75, 3.05) is 12.4 Å². The third-order valence-corrected chi connectivity index (χ3v) is 2.75. The lowest BCUT2D eigenvalue weighted by molar-refractivity contribution is -0.386. The third kappa shape index (κ3) is 3.11. The molecule has 0 radical (unpaired) electrons. The Morgan fingerprint density at radius 3 is 2.71 bits per heavy atom. The second kappa shape index (κ2) is 5.89. The number of nitrogens with zero attached hydrogens (tertiary/aromatic N) is 2.